The number of benzene rings is 1. The summed E-state index contributed by atoms with van der Waals surface area (Å²) in [5.74, 6) is -2.86. The topological polar surface area (TPSA) is 26.0 Å². The van der Waals surface area contributed by atoms with Crippen LogP contribution in [0.3, 0.4) is 0 Å². The van der Waals surface area contributed by atoms with E-state index in [2.05, 4.69) is 0 Å². The van der Waals surface area contributed by atoms with E-state index < -0.39 is 23.5 Å². The van der Waals surface area contributed by atoms with E-state index in [1.807, 2.05) is 6.92 Å². The Labute approximate surface area is 101 Å². The quantitative estimate of drug-likeness (QED) is 0.875. The van der Waals surface area contributed by atoms with Crippen LogP contribution in [0.1, 0.15) is 22.0 Å². The average Bonchev–Trinajstić information content (AvgIpc) is 2.62. The maximum atomic E-state index is 13.5. The molecule has 1 nitrogen and oxygen atoms in total. The summed E-state index contributed by atoms with van der Waals surface area (Å²) in [7, 11) is 0. The third-order valence-electron chi connectivity index (χ3n) is 2.59. The van der Waals surface area contributed by atoms with Crippen LogP contribution in [0.25, 0.3) is 0 Å². The smallest absolute Gasteiger partial charge is 0.134 e. The molecule has 1 unspecified atom stereocenters. The van der Waals surface area contributed by atoms with E-state index >= 15 is 0 Å². The van der Waals surface area contributed by atoms with Gasteiger partial charge >= 0.3 is 0 Å². The Balaban J connectivity index is 2.51. The number of nitrogens with two attached hydrogens (primary N) is 1. The molecule has 2 aromatic rings. The van der Waals surface area contributed by atoms with Crippen molar-refractivity contribution in [2.45, 2.75) is 13.0 Å². The second kappa shape index (κ2) is 4.50. The summed E-state index contributed by atoms with van der Waals surface area (Å²) in [4.78, 5) is 0.889. The van der Waals surface area contributed by atoms with Crippen molar-refractivity contribution >= 4 is 11.3 Å². The molecule has 0 fully saturated rings. The van der Waals surface area contributed by atoms with Crippen molar-refractivity contribution < 1.29 is 13.2 Å². The van der Waals surface area contributed by atoms with E-state index in [9.17, 15) is 13.2 Å². The largest absolute Gasteiger partial charge is 0.320 e. The summed E-state index contributed by atoms with van der Waals surface area (Å²) in [6.45, 7) is 1.82. The van der Waals surface area contributed by atoms with E-state index in [1.165, 1.54) is 11.3 Å². The Morgan fingerprint density at radius 3 is 2.24 bits per heavy atom. The summed E-state index contributed by atoms with van der Waals surface area (Å²) < 4.78 is 39.8. The lowest BCUT2D eigenvalue weighted by Gasteiger charge is -2.14. The van der Waals surface area contributed by atoms with Crippen LogP contribution in [-0.2, 0) is 0 Å². The minimum atomic E-state index is -0.958. The molecule has 0 aliphatic rings. The molecule has 17 heavy (non-hydrogen) atoms. The van der Waals surface area contributed by atoms with Gasteiger partial charge < -0.3 is 5.73 Å². The summed E-state index contributed by atoms with van der Waals surface area (Å²) in [5.41, 5.74) is 6.17. The predicted octanol–water partition coefficient (Wildman–Crippen LogP) is 3.52. The Hall–Kier alpha value is -1.33. The fraction of sp³-hybridized carbons (Fsp3) is 0.167. The van der Waals surface area contributed by atoms with Crippen LogP contribution in [0.15, 0.2) is 23.6 Å². The fourth-order valence-corrected chi connectivity index (χ4v) is 2.47. The maximum Gasteiger partial charge on any atom is 0.134 e. The Morgan fingerprint density at radius 2 is 1.76 bits per heavy atom. The van der Waals surface area contributed by atoms with Gasteiger partial charge in [-0.1, -0.05) is 0 Å². The van der Waals surface area contributed by atoms with E-state index in [0.717, 1.165) is 4.88 Å². The summed E-state index contributed by atoms with van der Waals surface area (Å²) in [6.07, 6.45) is 0. The average molecular weight is 257 g/mol. The fourth-order valence-electron chi connectivity index (χ4n) is 1.72. The van der Waals surface area contributed by atoms with E-state index in [4.69, 9.17) is 5.73 Å². The number of hydrogen-bond donors (Lipinski definition) is 1. The molecule has 5 heteroatoms. The molecule has 1 aromatic heterocycles. The zero-order valence-corrected chi connectivity index (χ0v) is 9.82. The van der Waals surface area contributed by atoms with Crippen molar-refractivity contribution in [2.75, 3.05) is 0 Å². The minimum Gasteiger partial charge on any atom is -0.320 e. The van der Waals surface area contributed by atoms with E-state index in [-0.39, 0.29) is 5.56 Å². The maximum absolute atomic E-state index is 13.5. The lowest BCUT2D eigenvalue weighted by atomic mass is 9.99. The molecule has 2 rings (SSSR count). The van der Waals surface area contributed by atoms with Gasteiger partial charge in [0.1, 0.15) is 17.5 Å². The minimum absolute atomic E-state index is 0.298. The SMILES string of the molecule is Cc1sccc1C(N)c1c(F)cc(F)cc1F. The zero-order chi connectivity index (χ0) is 12.6. The van der Waals surface area contributed by atoms with Gasteiger partial charge in [-0.25, -0.2) is 13.2 Å². The molecular weight excluding hydrogens is 247 g/mol. The molecule has 90 valence electrons. The number of thiophene rings is 1. The van der Waals surface area contributed by atoms with Crippen LogP contribution in [0.2, 0.25) is 0 Å². The Morgan fingerprint density at radius 1 is 1.18 bits per heavy atom. The lowest BCUT2D eigenvalue weighted by molar-refractivity contribution is 0.515. The number of halogens is 3. The first-order valence-electron chi connectivity index (χ1n) is 4.94. The van der Waals surface area contributed by atoms with Crippen LogP contribution in [0.4, 0.5) is 13.2 Å². The highest BCUT2D eigenvalue weighted by Gasteiger charge is 2.21. The zero-order valence-electron chi connectivity index (χ0n) is 9.01. The second-order valence-corrected chi connectivity index (χ2v) is 4.81. The number of rotatable bonds is 2. The highest BCUT2D eigenvalue weighted by Crippen LogP contribution is 2.29. The molecule has 1 heterocycles. The van der Waals surface area contributed by atoms with Crippen LogP contribution < -0.4 is 5.73 Å². The first-order chi connectivity index (χ1) is 8.00. The van der Waals surface area contributed by atoms with Gasteiger partial charge in [0.05, 0.1) is 6.04 Å². The molecule has 0 saturated carbocycles. The molecule has 0 bridgehead atoms. The van der Waals surface area contributed by atoms with Crippen molar-refractivity contribution in [1.29, 1.82) is 0 Å². The van der Waals surface area contributed by atoms with E-state index in [0.29, 0.717) is 17.7 Å². The van der Waals surface area contributed by atoms with E-state index in [1.54, 1.807) is 11.4 Å². The van der Waals surface area contributed by atoms with Gasteiger partial charge in [-0.05, 0) is 23.9 Å². The highest BCUT2D eigenvalue weighted by atomic mass is 32.1. The standard InChI is InChI=1S/C12H10F3NS/c1-6-8(2-3-17-6)12(16)11-9(14)4-7(13)5-10(11)15/h2-5,12H,16H2,1H3. The van der Waals surface area contributed by atoms with Crippen LogP contribution in [0, 0.1) is 24.4 Å². The predicted molar refractivity (Wildman–Crippen MR) is 61.4 cm³/mol. The lowest BCUT2D eigenvalue weighted by Crippen LogP contribution is -2.16. The van der Waals surface area contributed by atoms with Crippen LogP contribution in [0.5, 0.6) is 0 Å². The molecule has 2 N–H and O–H groups in total. The van der Waals surface area contributed by atoms with Gasteiger partial charge in [-0.2, -0.15) is 0 Å². The van der Waals surface area contributed by atoms with Gasteiger partial charge in [-0.3, -0.25) is 0 Å². The number of hydrogen-bond acceptors (Lipinski definition) is 2. The summed E-state index contributed by atoms with van der Waals surface area (Å²) >= 11 is 1.44. The van der Waals surface area contributed by atoms with Gasteiger partial charge in [0.15, 0.2) is 0 Å². The van der Waals surface area contributed by atoms with Crippen molar-refractivity contribution in [3.63, 3.8) is 0 Å². The first-order valence-corrected chi connectivity index (χ1v) is 5.82. The van der Waals surface area contributed by atoms with Crippen molar-refractivity contribution in [3.05, 3.63) is 57.0 Å². The summed E-state index contributed by atoms with van der Waals surface area (Å²) in [6, 6.07) is 2.08. The molecule has 0 saturated heterocycles. The van der Waals surface area contributed by atoms with Gasteiger partial charge in [0.25, 0.3) is 0 Å². The van der Waals surface area contributed by atoms with Crippen molar-refractivity contribution in [2.24, 2.45) is 5.73 Å². The monoisotopic (exact) mass is 257 g/mol. The normalized spacial score (nSPS) is 12.8. The van der Waals surface area contributed by atoms with Gasteiger partial charge in [-0.15, -0.1) is 11.3 Å². The Bertz CT molecular complexity index is 527. The highest BCUT2D eigenvalue weighted by molar-refractivity contribution is 7.10. The first kappa shape index (κ1) is 12.1. The van der Waals surface area contributed by atoms with Gasteiger partial charge in [0, 0.05) is 22.6 Å². The second-order valence-electron chi connectivity index (χ2n) is 3.69. The van der Waals surface area contributed by atoms with Crippen LogP contribution >= 0.6 is 11.3 Å². The summed E-state index contributed by atoms with van der Waals surface area (Å²) in [5, 5.41) is 1.80. The molecule has 0 amide bonds. The molecular formula is C12H10F3NS. The molecule has 1 atom stereocenters. The van der Waals surface area contributed by atoms with Gasteiger partial charge in [0.2, 0.25) is 0 Å². The molecule has 0 aliphatic carbocycles. The number of aryl methyl sites for hydroxylation is 1. The van der Waals surface area contributed by atoms with Crippen LogP contribution in [-0.4, -0.2) is 0 Å². The molecule has 0 spiro atoms. The molecule has 0 radical (unpaired) electrons. The van der Waals surface area contributed by atoms with Crippen molar-refractivity contribution in [3.8, 4) is 0 Å². The molecule has 1 aromatic carbocycles. The Kier molecular flexibility index (Phi) is 3.22. The third-order valence-corrected chi connectivity index (χ3v) is 3.45. The van der Waals surface area contributed by atoms with Crippen molar-refractivity contribution in [1.82, 2.24) is 0 Å². The third kappa shape index (κ3) is 2.21. The molecule has 0 aliphatic heterocycles.